The topological polar surface area (TPSA) is 6.48 Å². The molecule has 0 bridgehead atoms. The van der Waals surface area contributed by atoms with Gasteiger partial charge in [-0.3, -0.25) is 7.05 Å². The zero-order chi connectivity index (χ0) is 8.97. The van der Waals surface area contributed by atoms with Gasteiger partial charge in [-0.2, -0.15) is 0 Å². The SMILES string of the molecule is [CH2-]N(C)CCC1CCN(C)CC1. The van der Waals surface area contributed by atoms with Crippen LogP contribution >= 0.6 is 0 Å². The summed E-state index contributed by atoms with van der Waals surface area (Å²) in [5.74, 6) is 0.949. The normalized spacial score (nSPS) is 22.0. The molecule has 0 saturated carbocycles. The molecular formula is C10H21N2-. The van der Waals surface area contributed by atoms with Crippen LogP contribution in [0.15, 0.2) is 0 Å². The molecule has 1 fully saturated rings. The molecule has 0 aliphatic carbocycles. The lowest BCUT2D eigenvalue weighted by Crippen LogP contribution is -2.31. The number of likely N-dealkylation sites (tertiary alicyclic amines) is 1. The molecule has 0 aromatic rings. The fourth-order valence-electron chi connectivity index (χ4n) is 1.75. The minimum Gasteiger partial charge on any atom is -0.462 e. The highest BCUT2D eigenvalue weighted by Crippen LogP contribution is 2.19. The van der Waals surface area contributed by atoms with Gasteiger partial charge in [0.2, 0.25) is 0 Å². The Bertz CT molecular complexity index is 115. The molecule has 0 aromatic heterocycles. The molecule has 0 radical (unpaired) electrons. The van der Waals surface area contributed by atoms with Gasteiger partial charge < -0.3 is 9.80 Å². The van der Waals surface area contributed by atoms with Crippen molar-refractivity contribution >= 4 is 0 Å². The van der Waals surface area contributed by atoms with Crippen molar-refractivity contribution in [2.24, 2.45) is 5.92 Å². The van der Waals surface area contributed by atoms with E-state index in [1.54, 1.807) is 0 Å². The third-order valence-corrected chi connectivity index (χ3v) is 2.76. The summed E-state index contributed by atoms with van der Waals surface area (Å²) in [6.07, 6.45) is 4.09. The van der Waals surface area contributed by atoms with Gasteiger partial charge >= 0.3 is 0 Å². The van der Waals surface area contributed by atoms with E-state index in [9.17, 15) is 0 Å². The van der Waals surface area contributed by atoms with Gasteiger partial charge in [-0.1, -0.05) is 0 Å². The Hall–Kier alpha value is -0.0800. The van der Waals surface area contributed by atoms with Crippen molar-refractivity contribution < 1.29 is 0 Å². The Morgan fingerprint density at radius 3 is 2.50 bits per heavy atom. The van der Waals surface area contributed by atoms with E-state index in [2.05, 4.69) is 26.0 Å². The molecule has 1 aliphatic rings. The van der Waals surface area contributed by atoms with Crippen molar-refractivity contribution in [1.29, 1.82) is 0 Å². The molecular weight excluding hydrogens is 148 g/mol. The summed E-state index contributed by atoms with van der Waals surface area (Å²) < 4.78 is 0. The predicted molar refractivity (Wildman–Crippen MR) is 52.8 cm³/mol. The van der Waals surface area contributed by atoms with E-state index in [-0.39, 0.29) is 0 Å². The molecule has 2 nitrogen and oxygen atoms in total. The van der Waals surface area contributed by atoms with Crippen LogP contribution in [0.4, 0.5) is 0 Å². The van der Waals surface area contributed by atoms with E-state index < -0.39 is 0 Å². The minimum atomic E-state index is 0.949. The second kappa shape index (κ2) is 4.83. The first-order valence-electron chi connectivity index (χ1n) is 4.88. The van der Waals surface area contributed by atoms with Crippen LogP contribution in [0.2, 0.25) is 0 Å². The lowest BCUT2D eigenvalue weighted by atomic mass is 9.94. The lowest BCUT2D eigenvalue weighted by Gasteiger charge is -2.30. The van der Waals surface area contributed by atoms with Gasteiger partial charge in [-0.05, 0) is 58.9 Å². The standard InChI is InChI=1S/C10H21N2/c1-11(2)7-4-10-5-8-12(3)9-6-10/h10H,1,4-9H2,2-3H3/q-1. The highest BCUT2D eigenvalue weighted by Gasteiger charge is 2.15. The van der Waals surface area contributed by atoms with Crippen LogP contribution < -0.4 is 0 Å². The van der Waals surface area contributed by atoms with Gasteiger partial charge in [0.15, 0.2) is 0 Å². The summed E-state index contributed by atoms with van der Waals surface area (Å²) in [7, 11) is 8.12. The monoisotopic (exact) mass is 169 g/mol. The van der Waals surface area contributed by atoms with E-state index in [0.29, 0.717) is 0 Å². The molecule has 72 valence electrons. The summed E-state index contributed by atoms with van der Waals surface area (Å²) in [6.45, 7) is 3.71. The highest BCUT2D eigenvalue weighted by molar-refractivity contribution is 4.70. The lowest BCUT2D eigenvalue weighted by molar-refractivity contribution is 0.203. The molecule has 1 aliphatic heterocycles. The number of rotatable bonds is 3. The van der Waals surface area contributed by atoms with Crippen molar-refractivity contribution in [3.05, 3.63) is 7.05 Å². The van der Waals surface area contributed by atoms with Crippen molar-refractivity contribution in [1.82, 2.24) is 9.80 Å². The number of hydrogen-bond donors (Lipinski definition) is 0. The molecule has 0 aromatic carbocycles. The summed E-state index contributed by atoms with van der Waals surface area (Å²) in [5.41, 5.74) is 0. The van der Waals surface area contributed by atoms with Crippen LogP contribution in [-0.2, 0) is 0 Å². The second-order valence-corrected chi connectivity index (χ2v) is 4.11. The van der Waals surface area contributed by atoms with E-state index in [4.69, 9.17) is 0 Å². The Kier molecular flexibility index (Phi) is 4.02. The number of piperidine rings is 1. The first-order chi connectivity index (χ1) is 5.68. The Balaban J connectivity index is 2.09. The smallest absolute Gasteiger partial charge is 0.00191 e. The van der Waals surface area contributed by atoms with E-state index in [1.165, 1.54) is 32.4 Å². The number of nitrogens with zero attached hydrogens (tertiary/aromatic N) is 2. The molecule has 0 N–H and O–H groups in total. The van der Waals surface area contributed by atoms with Crippen molar-refractivity contribution in [3.63, 3.8) is 0 Å². The molecule has 1 heterocycles. The largest absolute Gasteiger partial charge is 0.462 e. The fourth-order valence-corrected chi connectivity index (χ4v) is 1.75. The maximum atomic E-state index is 3.86. The third kappa shape index (κ3) is 3.55. The van der Waals surface area contributed by atoms with Crippen LogP contribution in [0.5, 0.6) is 0 Å². The zero-order valence-corrected chi connectivity index (χ0v) is 8.42. The Morgan fingerprint density at radius 1 is 1.42 bits per heavy atom. The first kappa shape index (κ1) is 10.0. The first-order valence-corrected chi connectivity index (χ1v) is 4.88. The van der Waals surface area contributed by atoms with Gasteiger partial charge in [0.05, 0.1) is 0 Å². The summed E-state index contributed by atoms with van der Waals surface area (Å²) >= 11 is 0. The molecule has 0 amide bonds. The van der Waals surface area contributed by atoms with Gasteiger partial charge in [-0.15, -0.1) is 0 Å². The average molecular weight is 169 g/mol. The molecule has 0 spiro atoms. The van der Waals surface area contributed by atoms with E-state index in [1.807, 2.05) is 4.90 Å². The Labute approximate surface area is 76.5 Å². The minimum absolute atomic E-state index is 0.949. The second-order valence-electron chi connectivity index (χ2n) is 4.11. The summed E-state index contributed by atoms with van der Waals surface area (Å²) in [4.78, 5) is 4.46. The summed E-state index contributed by atoms with van der Waals surface area (Å²) in [5, 5.41) is 0. The molecule has 12 heavy (non-hydrogen) atoms. The van der Waals surface area contributed by atoms with Crippen LogP contribution in [0.1, 0.15) is 19.3 Å². The van der Waals surface area contributed by atoms with E-state index in [0.717, 1.165) is 12.5 Å². The van der Waals surface area contributed by atoms with Gasteiger partial charge in [0.1, 0.15) is 0 Å². The summed E-state index contributed by atoms with van der Waals surface area (Å²) in [6, 6.07) is 0. The maximum absolute atomic E-state index is 3.86. The zero-order valence-electron chi connectivity index (χ0n) is 8.42. The Morgan fingerprint density at radius 2 is 2.00 bits per heavy atom. The fraction of sp³-hybridized carbons (Fsp3) is 0.900. The van der Waals surface area contributed by atoms with Crippen LogP contribution in [0.3, 0.4) is 0 Å². The quantitative estimate of drug-likeness (QED) is 0.590. The van der Waals surface area contributed by atoms with Crippen LogP contribution in [-0.4, -0.2) is 43.5 Å². The molecule has 2 heteroatoms. The van der Waals surface area contributed by atoms with Gasteiger partial charge in [0, 0.05) is 0 Å². The predicted octanol–water partition coefficient (Wildman–Crippen LogP) is 1.44. The average Bonchev–Trinajstić information content (AvgIpc) is 2.03. The third-order valence-electron chi connectivity index (χ3n) is 2.76. The molecule has 0 unspecified atom stereocenters. The van der Waals surface area contributed by atoms with Crippen molar-refractivity contribution in [2.45, 2.75) is 19.3 Å². The van der Waals surface area contributed by atoms with Crippen molar-refractivity contribution in [3.8, 4) is 0 Å². The molecule has 1 saturated heterocycles. The molecule has 1 rings (SSSR count). The highest BCUT2D eigenvalue weighted by atomic mass is 15.1. The van der Waals surface area contributed by atoms with Gasteiger partial charge in [-0.25, -0.2) is 0 Å². The van der Waals surface area contributed by atoms with Crippen LogP contribution in [0.25, 0.3) is 0 Å². The van der Waals surface area contributed by atoms with Crippen LogP contribution in [0, 0.1) is 13.0 Å². The van der Waals surface area contributed by atoms with Gasteiger partial charge in [0.25, 0.3) is 0 Å². The number of hydrogen-bond acceptors (Lipinski definition) is 2. The maximum Gasteiger partial charge on any atom is -0.00191 e. The van der Waals surface area contributed by atoms with E-state index >= 15 is 0 Å². The van der Waals surface area contributed by atoms with Crippen molar-refractivity contribution in [2.75, 3.05) is 33.7 Å². The molecule has 0 atom stereocenters.